The first-order valence-electron chi connectivity index (χ1n) is 8.93. The average Bonchev–Trinajstić information content (AvgIpc) is 3.10. The number of cyclic esters (lactones) is 1. The minimum Gasteiger partial charge on any atom is -0.489 e. The summed E-state index contributed by atoms with van der Waals surface area (Å²) in [4.78, 5) is 16.6. The molecule has 0 unspecified atom stereocenters. The highest BCUT2D eigenvalue weighted by Crippen LogP contribution is 2.26. The van der Waals surface area contributed by atoms with Crippen LogP contribution in [0, 0.1) is 3.57 Å². The molecule has 0 bridgehead atoms. The van der Waals surface area contributed by atoms with E-state index in [0.29, 0.717) is 28.0 Å². The number of esters is 1. The fraction of sp³-hybridized carbons (Fsp3) is 0.0435. The van der Waals surface area contributed by atoms with Crippen LogP contribution in [0.3, 0.4) is 0 Å². The highest BCUT2D eigenvalue weighted by Gasteiger charge is 2.25. The van der Waals surface area contributed by atoms with Crippen LogP contribution in [0.1, 0.15) is 16.7 Å². The molecule has 0 N–H and O–H groups in total. The van der Waals surface area contributed by atoms with E-state index in [0.717, 1.165) is 14.7 Å². The summed E-state index contributed by atoms with van der Waals surface area (Å²) < 4.78 is 12.1. The Morgan fingerprint density at radius 1 is 1.03 bits per heavy atom. The molecule has 3 aromatic carbocycles. The lowest BCUT2D eigenvalue weighted by atomic mass is 10.2. The number of halogens is 3. The predicted molar refractivity (Wildman–Crippen MR) is 127 cm³/mol. The smallest absolute Gasteiger partial charge is 0.363 e. The van der Waals surface area contributed by atoms with Gasteiger partial charge in [-0.1, -0.05) is 47.5 Å². The van der Waals surface area contributed by atoms with Crippen LogP contribution in [0.15, 0.2) is 77.4 Å². The topological polar surface area (TPSA) is 47.9 Å². The number of carbonyl (C=O) groups is 1. The number of benzene rings is 3. The minimum atomic E-state index is -0.521. The van der Waals surface area contributed by atoms with Crippen molar-refractivity contribution in [2.75, 3.05) is 0 Å². The maximum absolute atomic E-state index is 12.3. The van der Waals surface area contributed by atoms with Gasteiger partial charge in [-0.2, -0.15) is 0 Å². The maximum Gasteiger partial charge on any atom is 0.363 e. The molecule has 1 aliphatic heterocycles. The van der Waals surface area contributed by atoms with Gasteiger partial charge in [0.2, 0.25) is 5.90 Å². The first-order valence-corrected chi connectivity index (χ1v) is 10.8. The van der Waals surface area contributed by atoms with Crippen molar-refractivity contribution in [3.05, 3.63) is 103 Å². The van der Waals surface area contributed by atoms with Crippen molar-refractivity contribution in [2.24, 2.45) is 4.99 Å². The van der Waals surface area contributed by atoms with Gasteiger partial charge >= 0.3 is 5.97 Å². The maximum atomic E-state index is 12.3. The first-order chi connectivity index (χ1) is 14.5. The summed E-state index contributed by atoms with van der Waals surface area (Å²) in [5.74, 6) is 0.354. The Bertz CT molecular complexity index is 1170. The number of ether oxygens (including phenoxy) is 2. The van der Waals surface area contributed by atoms with E-state index in [1.807, 2.05) is 60.7 Å². The van der Waals surface area contributed by atoms with Gasteiger partial charge < -0.3 is 9.47 Å². The Balaban J connectivity index is 1.53. The van der Waals surface area contributed by atoms with Crippen LogP contribution in [0.2, 0.25) is 10.0 Å². The molecule has 4 rings (SSSR count). The van der Waals surface area contributed by atoms with E-state index in [1.165, 1.54) is 0 Å². The number of nitrogens with zero attached hydrogens (tertiary/aromatic N) is 1. The molecule has 7 heteroatoms. The molecule has 0 saturated heterocycles. The Labute approximate surface area is 197 Å². The first kappa shape index (κ1) is 20.9. The molecule has 0 amide bonds. The molecule has 0 saturated carbocycles. The SMILES string of the molecule is O=C1OC(c2cc(I)ccc2Cl)=N/C1=C\c1cccc(OCc2ccc(Cl)cc2)c1. The van der Waals surface area contributed by atoms with E-state index in [4.69, 9.17) is 32.7 Å². The molecule has 0 atom stereocenters. The van der Waals surface area contributed by atoms with Crippen LogP contribution in [0.4, 0.5) is 0 Å². The van der Waals surface area contributed by atoms with Gasteiger partial charge in [0, 0.05) is 8.59 Å². The lowest BCUT2D eigenvalue weighted by Gasteiger charge is -2.07. The minimum absolute atomic E-state index is 0.199. The van der Waals surface area contributed by atoms with Crippen LogP contribution >= 0.6 is 45.8 Å². The van der Waals surface area contributed by atoms with E-state index >= 15 is 0 Å². The highest BCUT2D eigenvalue weighted by molar-refractivity contribution is 14.1. The molecule has 0 aliphatic carbocycles. The molecule has 150 valence electrons. The van der Waals surface area contributed by atoms with E-state index < -0.39 is 5.97 Å². The van der Waals surface area contributed by atoms with Crippen LogP contribution in [-0.2, 0) is 16.1 Å². The van der Waals surface area contributed by atoms with Gasteiger partial charge in [0.1, 0.15) is 12.4 Å². The molecule has 1 aliphatic rings. The second-order valence-corrected chi connectivity index (χ2v) is 8.54. The van der Waals surface area contributed by atoms with E-state index in [2.05, 4.69) is 27.6 Å². The number of aliphatic imine (C=N–C) groups is 1. The monoisotopic (exact) mass is 549 g/mol. The van der Waals surface area contributed by atoms with Crippen LogP contribution in [-0.4, -0.2) is 11.9 Å². The van der Waals surface area contributed by atoms with Crippen molar-refractivity contribution in [1.29, 1.82) is 0 Å². The average molecular weight is 550 g/mol. The van der Waals surface area contributed by atoms with Crippen molar-refractivity contribution in [3.63, 3.8) is 0 Å². The second kappa shape index (κ2) is 9.20. The molecular weight excluding hydrogens is 536 g/mol. The zero-order chi connectivity index (χ0) is 21.1. The van der Waals surface area contributed by atoms with Crippen molar-refractivity contribution < 1.29 is 14.3 Å². The van der Waals surface area contributed by atoms with Gasteiger partial charge in [0.05, 0.1) is 10.6 Å². The molecule has 1 heterocycles. The number of hydrogen-bond acceptors (Lipinski definition) is 4. The lowest BCUT2D eigenvalue weighted by molar-refractivity contribution is -0.129. The quantitative estimate of drug-likeness (QED) is 0.207. The zero-order valence-electron chi connectivity index (χ0n) is 15.4. The van der Waals surface area contributed by atoms with Gasteiger partial charge in [-0.3, -0.25) is 0 Å². The third-order valence-electron chi connectivity index (χ3n) is 4.26. The van der Waals surface area contributed by atoms with Gasteiger partial charge in [-0.25, -0.2) is 9.79 Å². The van der Waals surface area contributed by atoms with Gasteiger partial charge in [-0.05, 0) is 82.3 Å². The lowest BCUT2D eigenvalue weighted by Crippen LogP contribution is -2.06. The Morgan fingerprint density at radius 3 is 2.63 bits per heavy atom. The number of hydrogen-bond donors (Lipinski definition) is 0. The zero-order valence-corrected chi connectivity index (χ0v) is 19.1. The van der Waals surface area contributed by atoms with E-state index in [9.17, 15) is 4.79 Å². The number of rotatable bonds is 5. The third kappa shape index (κ3) is 5.03. The molecular formula is C23H14Cl2INO3. The normalized spacial score (nSPS) is 14.6. The summed E-state index contributed by atoms with van der Waals surface area (Å²) >= 11 is 14.3. The summed E-state index contributed by atoms with van der Waals surface area (Å²) in [6.07, 6.45) is 1.66. The van der Waals surface area contributed by atoms with E-state index in [1.54, 1.807) is 12.1 Å². The standard InChI is InChI=1S/C23H14Cl2INO3/c24-16-6-4-14(5-7-16)13-29-18-3-1-2-15(10-18)11-21-23(28)30-22(27-21)19-12-17(26)8-9-20(19)25/h1-12H,13H2/b21-11-. The largest absolute Gasteiger partial charge is 0.489 e. The summed E-state index contributed by atoms with van der Waals surface area (Å²) in [5.41, 5.74) is 2.57. The summed E-state index contributed by atoms with van der Waals surface area (Å²) in [7, 11) is 0. The summed E-state index contributed by atoms with van der Waals surface area (Å²) in [5, 5.41) is 1.16. The van der Waals surface area contributed by atoms with Crippen molar-refractivity contribution in [1.82, 2.24) is 0 Å². The van der Waals surface area contributed by atoms with E-state index in [-0.39, 0.29) is 11.6 Å². The molecule has 3 aromatic rings. The van der Waals surface area contributed by atoms with Gasteiger partial charge in [0.25, 0.3) is 0 Å². The second-order valence-electron chi connectivity index (χ2n) is 6.45. The van der Waals surface area contributed by atoms with Crippen molar-refractivity contribution in [2.45, 2.75) is 6.61 Å². The predicted octanol–water partition coefficient (Wildman–Crippen LogP) is 6.52. The summed E-state index contributed by atoms with van der Waals surface area (Å²) in [6.45, 7) is 0.409. The molecule has 0 fully saturated rings. The summed E-state index contributed by atoms with van der Waals surface area (Å²) in [6, 6.07) is 20.3. The molecule has 0 spiro atoms. The van der Waals surface area contributed by atoms with Crippen LogP contribution in [0.25, 0.3) is 6.08 Å². The highest BCUT2D eigenvalue weighted by atomic mass is 127. The van der Waals surface area contributed by atoms with Gasteiger partial charge in [0.15, 0.2) is 5.70 Å². The van der Waals surface area contributed by atoms with Crippen molar-refractivity contribution in [3.8, 4) is 5.75 Å². The molecule has 30 heavy (non-hydrogen) atoms. The Kier molecular flexibility index (Phi) is 6.41. The fourth-order valence-electron chi connectivity index (χ4n) is 2.79. The number of carbonyl (C=O) groups excluding carboxylic acids is 1. The fourth-order valence-corrected chi connectivity index (χ4v) is 3.60. The Morgan fingerprint density at radius 2 is 1.83 bits per heavy atom. The van der Waals surface area contributed by atoms with Crippen LogP contribution < -0.4 is 4.74 Å². The van der Waals surface area contributed by atoms with Gasteiger partial charge in [-0.15, -0.1) is 0 Å². The Hall–Kier alpha value is -2.35. The van der Waals surface area contributed by atoms with Crippen LogP contribution in [0.5, 0.6) is 5.75 Å². The molecule has 0 radical (unpaired) electrons. The van der Waals surface area contributed by atoms with Crippen molar-refractivity contribution >= 4 is 63.7 Å². The molecule has 0 aromatic heterocycles. The third-order valence-corrected chi connectivity index (χ3v) is 5.51. The molecule has 4 nitrogen and oxygen atoms in total.